The van der Waals surface area contributed by atoms with Gasteiger partial charge in [-0.1, -0.05) is 80.6 Å². The van der Waals surface area contributed by atoms with Crippen molar-refractivity contribution >= 4 is 5.57 Å². The van der Waals surface area contributed by atoms with Gasteiger partial charge in [0.05, 0.1) is 0 Å². The Morgan fingerprint density at radius 2 is 1.30 bits per heavy atom. The second-order valence-corrected chi connectivity index (χ2v) is 5.45. The summed E-state index contributed by atoms with van der Waals surface area (Å²) in [5.41, 5.74) is 3.95. The molecule has 1 radical (unpaired) electrons. The molecule has 0 spiro atoms. The summed E-state index contributed by atoms with van der Waals surface area (Å²) in [6.07, 6.45) is 5.96. The topological polar surface area (TPSA) is 0 Å². The van der Waals surface area contributed by atoms with Crippen LogP contribution in [0.4, 0.5) is 0 Å². The van der Waals surface area contributed by atoms with Gasteiger partial charge in [0, 0.05) is 0 Å². The van der Waals surface area contributed by atoms with Crippen molar-refractivity contribution in [2.24, 2.45) is 0 Å². The molecule has 0 heteroatoms. The van der Waals surface area contributed by atoms with Gasteiger partial charge in [-0.05, 0) is 41.9 Å². The monoisotopic (exact) mass is 263 g/mol. The summed E-state index contributed by atoms with van der Waals surface area (Å²) in [6, 6.07) is 21.3. The Kier molecular flexibility index (Phi) is 5.61. The first-order chi connectivity index (χ1) is 9.77. The van der Waals surface area contributed by atoms with E-state index in [1.807, 2.05) is 0 Å². The Morgan fingerprint density at radius 1 is 0.800 bits per heavy atom. The molecule has 0 amide bonds. The highest BCUT2D eigenvalue weighted by molar-refractivity contribution is 5.79. The molecule has 0 aliphatic carbocycles. The zero-order valence-corrected chi connectivity index (χ0v) is 12.5. The standard InChI is InChI=1S/C20H23/c1-17(2)11-9-10-16-20(18-12-5-3-6-13-18)19-14-7-4-8-15-19/h3-8,12-16H,9-11H2,1-2H3. The summed E-state index contributed by atoms with van der Waals surface area (Å²) < 4.78 is 0. The van der Waals surface area contributed by atoms with E-state index in [1.165, 1.54) is 35.5 Å². The highest BCUT2D eigenvalue weighted by Crippen LogP contribution is 2.24. The first kappa shape index (κ1) is 14.6. The molecule has 0 nitrogen and oxygen atoms in total. The van der Waals surface area contributed by atoms with Gasteiger partial charge in [-0.15, -0.1) is 0 Å². The predicted molar refractivity (Wildman–Crippen MR) is 88.4 cm³/mol. The molecule has 0 saturated carbocycles. The normalized spacial score (nSPS) is 10.6. The van der Waals surface area contributed by atoms with E-state index in [4.69, 9.17) is 0 Å². The molecule has 0 unspecified atom stereocenters. The van der Waals surface area contributed by atoms with E-state index in [2.05, 4.69) is 80.6 Å². The first-order valence-corrected chi connectivity index (χ1v) is 7.37. The van der Waals surface area contributed by atoms with Crippen molar-refractivity contribution in [2.75, 3.05) is 0 Å². The van der Waals surface area contributed by atoms with Crippen molar-refractivity contribution < 1.29 is 0 Å². The van der Waals surface area contributed by atoms with Gasteiger partial charge >= 0.3 is 0 Å². The summed E-state index contributed by atoms with van der Waals surface area (Å²) >= 11 is 0. The minimum Gasteiger partial charge on any atom is -0.0761 e. The van der Waals surface area contributed by atoms with Crippen LogP contribution in [0.5, 0.6) is 0 Å². The van der Waals surface area contributed by atoms with Crippen LogP contribution in [0.1, 0.15) is 44.2 Å². The zero-order chi connectivity index (χ0) is 14.2. The molecule has 0 atom stereocenters. The molecule has 0 N–H and O–H groups in total. The van der Waals surface area contributed by atoms with Gasteiger partial charge < -0.3 is 0 Å². The molecule has 2 aromatic carbocycles. The fourth-order valence-corrected chi connectivity index (χ4v) is 2.34. The third kappa shape index (κ3) is 4.38. The molecule has 0 heterocycles. The number of allylic oxidation sites excluding steroid dienone is 1. The van der Waals surface area contributed by atoms with Gasteiger partial charge in [0.2, 0.25) is 0 Å². The summed E-state index contributed by atoms with van der Waals surface area (Å²) in [7, 11) is 0. The van der Waals surface area contributed by atoms with Crippen molar-refractivity contribution in [3.63, 3.8) is 0 Å². The molecular formula is C20H23. The molecule has 103 valence electrons. The maximum atomic E-state index is 2.38. The number of benzene rings is 2. The molecule has 2 aromatic rings. The molecule has 2 rings (SSSR count). The molecule has 0 saturated heterocycles. The Morgan fingerprint density at radius 3 is 1.75 bits per heavy atom. The van der Waals surface area contributed by atoms with Crippen LogP contribution in [0.25, 0.3) is 5.57 Å². The van der Waals surface area contributed by atoms with Crippen LogP contribution < -0.4 is 0 Å². The van der Waals surface area contributed by atoms with Crippen molar-refractivity contribution in [3.8, 4) is 0 Å². The Balaban J connectivity index is 2.19. The van der Waals surface area contributed by atoms with Crippen molar-refractivity contribution in [1.29, 1.82) is 0 Å². The van der Waals surface area contributed by atoms with E-state index >= 15 is 0 Å². The Labute approximate surface area is 123 Å². The van der Waals surface area contributed by atoms with Crippen LogP contribution in [0, 0.1) is 5.92 Å². The van der Waals surface area contributed by atoms with Gasteiger partial charge in [-0.25, -0.2) is 0 Å². The lowest BCUT2D eigenvalue weighted by molar-refractivity contribution is 0.760. The summed E-state index contributed by atoms with van der Waals surface area (Å²) in [5.74, 6) is 1.51. The fraction of sp³-hybridized carbons (Fsp3) is 0.250. The lowest BCUT2D eigenvalue weighted by Crippen LogP contribution is -1.89. The maximum absolute atomic E-state index is 2.38. The van der Waals surface area contributed by atoms with E-state index in [1.54, 1.807) is 0 Å². The average Bonchev–Trinajstić information content (AvgIpc) is 2.49. The molecule has 20 heavy (non-hydrogen) atoms. The van der Waals surface area contributed by atoms with Crippen LogP contribution in [-0.2, 0) is 0 Å². The molecule has 0 fully saturated rings. The average molecular weight is 263 g/mol. The zero-order valence-electron chi connectivity index (χ0n) is 12.5. The minimum absolute atomic E-state index is 1.13. The van der Waals surface area contributed by atoms with Crippen LogP contribution in [0.2, 0.25) is 0 Å². The Hall–Kier alpha value is -1.82. The number of hydrogen-bond donors (Lipinski definition) is 0. The molecular weight excluding hydrogens is 240 g/mol. The Bertz CT molecular complexity index is 479. The summed E-state index contributed by atoms with van der Waals surface area (Å²) in [5, 5.41) is 0. The number of rotatable bonds is 6. The summed E-state index contributed by atoms with van der Waals surface area (Å²) in [6.45, 7) is 4.41. The second kappa shape index (κ2) is 7.69. The van der Waals surface area contributed by atoms with E-state index in [-0.39, 0.29) is 0 Å². The lowest BCUT2D eigenvalue weighted by Gasteiger charge is -2.09. The third-order valence-corrected chi connectivity index (χ3v) is 3.40. The number of unbranched alkanes of at least 4 members (excludes halogenated alkanes) is 1. The lowest BCUT2D eigenvalue weighted by atomic mass is 9.96. The van der Waals surface area contributed by atoms with E-state index in [0.29, 0.717) is 0 Å². The maximum Gasteiger partial charge on any atom is -0.0151 e. The quantitative estimate of drug-likeness (QED) is 0.569. The van der Waals surface area contributed by atoms with Gasteiger partial charge in [0.1, 0.15) is 0 Å². The molecule has 0 aromatic heterocycles. The van der Waals surface area contributed by atoms with Crippen LogP contribution in [0.15, 0.2) is 66.7 Å². The van der Waals surface area contributed by atoms with E-state index in [9.17, 15) is 0 Å². The van der Waals surface area contributed by atoms with Crippen LogP contribution >= 0.6 is 0 Å². The van der Waals surface area contributed by atoms with E-state index in [0.717, 1.165) is 6.42 Å². The fourth-order valence-electron chi connectivity index (χ4n) is 2.34. The van der Waals surface area contributed by atoms with Gasteiger partial charge in [-0.2, -0.15) is 0 Å². The van der Waals surface area contributed by atoms with Crippen molar-refractivity contribution in [2.45, 2.75) is 33.1 Å². The second-order valence-electron chi connectivity index (χ2n) is 5.45. The highest BCUT2D eigenvalue weighted by Gasteiger charge is 2.03. The first-order valence-electron chi connectivity index (χ1n) is 7.37. The summed E-state index contributed by atoms with van der Waals surface area (Å²) in [4.78, 5) is 0. The van der Waals surface area contributed by atoms with Gasteiger partial charge in [0.15, 0.2) is 0 Å². The number of hydrogen-bond acceptors (Lipinski definition) is 0. The highest BCUT2D eigenvalue weighted by atomic mass is 14.1. The molecule has 0 bridgehead atoms. The predicted octanol–water partition coefficient (Wildman–Crippen LogP) is 5.90. The molecule has 0 aliphatic rings. The third-order valence-electron chi connectivity index (χ3n) is 3.40. The van der Waals surface area contributed by atoms with Gasteiger partial charge in [-0.3, -0.25) is 0 Å². The minimum atomic E-state index is 1.13. The van der Waals surface area contributed by atoms with Gasteiger partial charge in [0.25, 0.3) is 0 Å². The largest absolute Gasteiger partial charge is 0.0761 e. The van der Waals surface area contributed by atoms with Crippen molar-refractivity contribution in [3.05, 3.63) is 83.8 Å². The molecule has 0 aliphatic heterocycles. The smallest absolute Gasteiger partial charge is 0.0151 e. The van der Waals surface area contributed by atoms with Crippen LogP contribution in [0.3, 0.4) is 0 Å². The van der Waals surface area contributed by atoms with Crippen molar-refractivity contribution in [1.82, 2.24) is 0 Å². The SMILES string of the molecule is C[C](C)CCCC=C(c1ccccc1)c1ccccc1. The van der Waals surface area contributed by atoms with E-state index < -0.39 is 0 Å². The van der Waals surface area contributed by atoms with Crippen LogP contribution in [-0.4, -0.2) is 0 Å².